The summed E-state index contributed by atoms with van der Waals surface area (Å²) in [6, 6.07) is 10.1. The van der Waals surface area contributed by atoms with Crippen molar-refractivity contribution in [2.75, 3.05) is 0 Å². The van der Waals surface area contributed by atoms with Gasteiger partial charge < -0.3 is 10.2 Å². The molecular formula is C14H22O3S. The molecule has 3 nitrogen and oxygen atoms in total. The van der Waals surface area contributed by atoms with E-state index in [1.165, 1.54) is 12.8 Å². The molecule has 0 spiro atoms. The van der Waals surface area contributed by atoms with Gasteiger partial charge >= 0.3 is 0 Å². The molecule has 1 rings (SSSR count). The Labute approximate surface area is 113 Å². The summed E-state index contributed by atoms with van der Waals surface area (Å²) in [5.41, 5.74) is -0.246. The highest BCUT2D eigenvalue weighted by molar-refractivity contribution is 7.99. The van der Waals surface area contributed by atoms with Crippen molar-refractivity contribution in [2.24, 2.45) is 0 Å². The van der Waals surface area contributed by atoms with Crippen molar-refractivity contribution in [3.63, 3.8) is 0 Å². The van der Waals surface area contributed by atoms with E-state index in [-0.39, 0.29) is 5.44 Å². The van der Waals surface area contributed by atoms with Gasteiger partial charge in [0.2, 0.25) is 0 Å². The van der Waals surface area contributed by atoms with Crippen LogP contribution in [0.1, 0.15) is 39.5 Å². The molecule has 1 atom stereocenters. The van der Waals surface area contributed by atoms with Crippen LogP contribution in [0.2, 0.25) is 0 Å². The molecule has 0 saturated heterocycles. The SMILES string of the molecule is CC(=O)O.CCCCCC(O)Sc1ccccc1. The molecule has 2 N–H and O–H groups in total. The zero-order valence-corrected chi connectivity index (χ0v) is 11.8. The number of aliphatic hydroxyl groups is 1. The summed E-state index contributed by atoms with van der Waals surface area (Å²) >= 11 is 1.55. The molecule has 0 aliphatic heterocycles. The summed E-state index contributed by atoms with van der Waals surface area (Å²) in [5.74, 6) is -0.833. The van der Waals surface area contributed by atoms with Crippen molar-refractivity contribution in [2.45, 2.75) is 49.9 Å². The number of hydrogen-bond acceptors (Lipinski definition) is 3. The minimum atomic E-state index is -0.833. The van der Waals surface area contributed by atoms with E-state index < -0.39 is 5.97 Å². The molecule has 1 aromatic rings. The standard InChI is InChI=1S/C12H18OS.C2H4O2/c1-2-3-5-10-12(13)14-11-8-6-4-7-9-11;1-2(3)4/h4,6-9,12-13H,2-3,5,10H2,1H3;1H3,(H,3,4). The van der Waals surface area contributed by atoms with Gasteiger partial charge in [-0.15, -0.1) is 0 Å². The zero-order valence-electron chi connectivity index (χ0n) is 11.0. The summed E-state index contributed by atoms with van der Waals surface area (Å²) < 4.78 is 0. The predicted octanol–water partition coefficient (Wildman–Crippen LogP) is 3.77. The van der Waals surface area contributed by atoms with E-state index in [2.05, 4.69) is 6.92 Å². The second-order valence-corrected chi connectivity index (χ2v) is 5.15. The highest BCUT2D eigenvalue weighted by Crippen LogP contribution is 2.24. The Bertz CT molecular complexity index is 310. The Balaban J connectivity index is 0.000000631. The Kier molecular flexibility index (Phi) is 10.5. The van der Waals surface area contributed by atoms with Crippen LogP contribution >= 0.6 is 11.8 Å². The molecule has 0 heterocycles. The van der Waals surface area contributed by atoms with E-state index in [1.54, 1.807) is 11.8 Å². The van der Waals surface area contributed by atoms with Crippen molar-refractivity contribution < 1.29 is 15.0 Å². The quantitative estimate of drug-likeness (QED) is 0.469. The van der Waals surface area contributed by atoms with Crippen LogP contribution in [0.4, 0.5) is 0 Å². The van der Waals surface area contributed by atoms with Gasteiger partial charge in [0.1, 0.15) is 5.44 Å². The fourth-order valence-electron chi connectivity index (χ4n) is 1.28. The highest BCUT2D eigenvalue weighted by atomic mass is 32.2. The first-order valence-corrected chi connectivity index (χ1v) is 7.03. The van der Waals surface area contributed by atoms with Gasteiger partial charge in [0.15, 0.2) is 0 Å². The minimum absolute atomic E-state index is 0.246. The van der Waals surface area contributed by atoms with Gasteiger partial charge in [-0.2, -0.15) is 0 Å². The number of aliphatic hydroxyl groups excluding tert-OH is 1. The first kappa shape index (κ1) is 17.0. The lowest BCUT2D eigenvalue weighted by Crippen LogP contribution is -1.99. The summed E-state index contributed by atoms with van der Waals surface area (Å²) in [6.45, 7) is 3.26. The maximum atomic E-state index is 9.69. The van der Waals surface area contributed by atoms with Gasteiger partial charge in [-0.25, -0.2) is 0 Å². The van der Waals surface area contributed by atoms with Crippen molar-refractivity contribution in [1.82, 2.24) is 0 Å². The van der Waals surface area contributed by atoms with Gasteiger partial charge in [0, 0.05) is 11.8 Å². The number of carboxylic acids is 1. The maximum Gasteiger partial charge on any atom is 0.300 e. The van der Waals surface area contributed by atoms with Crippen LogP contribution in [0, 0.1) is 0 Å². The normalized spacial score (nSPS) is 11.3. The molecule has 1 unspecified atom stereocenters. The number of thioether (sulfide) groups is 1. The molecule has 0 radical (unpaired) electrons. The molecule has 1 aromatic carbocycles. The largest absolute Gasteiger partial charge is 0.481 e. The third kappa shape index (κ3) is 11.5. The molecule has 0 aliphatic rings. The average Bonchev–Trinajstić information content (AvgIpc) is 2.30. The van der Waals surface area contributed by atoms with E-state index in [0.29, 0.717) is 0 Å². The summed E-state index contributed by atoms with van der Waals surface area (Å²) in [5, 5.41) is 17.1. The Morgan fingerprint density at radius 1 is 1.28 bits per heavy atom. The van der Waals surface area contributed by atoms with Crippen LogP contribution in [0.3, 0.4) is 0 Å². The molecular weight excluding hydrogens is 248 g/mol. The van der Waals surface area contributed by atoms with Gasteiger partial charge in [-0.1, -0.05) is 56.1 Å². The van der Waals surface area contributed by atoms with E-state index in [9.17, 15) is 5.11 Å². The fourth-order valence-corrected chi connectivity index (χ4v) is 2.20. The van der Waals surface area contributed by atoms with Crippen LogP contribution in [-0.2, 0) is 4.79 Å². The number of carbonyl (C=O) groups is 1. The van der Waals surface area contributed by atoms with Crippen molar-refractivity contribution >= 4 is 17.7 Å². The van der Waals surface area contributed by atoms with Crippen molar-refractivity contribution in [3.8, 4) is 0 Å². The molecule has 0 fully saturated rings. The maximum absolute atomic E-state index is 9.69. The van der Waals surface area contributed by atoms with Crippen LogP contribution in [-0.4, -0.2) is 21.6 Å². The van der Waals surface area contributed by atoms with Crippen molar-refractivity contribution in [1.29, 1.82) is 0 Å². The number of hydrogen-bond donors (Lipinski definition) is 2. The Morgan fingerprint density at radius 3 is 2.33 bits per heavy atom. The number of carboxylic acid groups (broad SMARTS) is 1. The topological polar surface area (TPSA) is 57.5 Å². The van der Waals surface area contributed by atoms with Crippen LogP contribution in [0.25, 0.3) is 0 Å². The smallest absolute Gasteiger partial charge is 0.300 e. The number of aliphatic carboxylic acids is 1. The second-order valence-electron chi connectivity index (χ2n) is 3.90. The summed E-state index contributed by atoms with van der Waals surface area (Å²) in [6.07, 6.45) is 4.44. The molecule has 0 aliphatic carbocycles. The first-order valence-electron chi connectivity index (χ1n) is 6.15. The fraction of sp³-hybridized carbons (Fsp3) is 0.500. The lowest BCUT2D eigenvalue weighted by Gasteiger charge is -2.09. The van der Waals surface area contributed by atoms with Gasteiger partial charge in [0.25, 0.3) is 5.97 Å². The Morgan fingerprint density at radius 2 is 1.83 bits per heavy atom. The first-order chi connectivity index (χ1) is 8.56. The summed E-state index contributed by atoms with van der Waals surface area (Å²) in [4.78, 5) is 10.1. The number of rotatable bonds is 6. The van der Waals surface area contributed by atoms with Crippen LogP contribution in [0.15, 0.2) is 35.2 Å². The van der Waals surface area contributed by atoms with Crippen LogP contribution < -0.4 is 0 Å². The van der Waals surface area contributed by atoms with E-state index in [1.807, 2.05) is 30.3 Å². The average molecular weight is 270 g/mol. The minimum Gasteiger partial charge on any atom is -0.481 e. The van der Waals surface area contributed by atoms with E-state index in [0.717, 1.165) is 24.7 Å². The van der Waals surface area contributed by atoms with Gasteiger partial charge in [-0.05, 0) is 18.6 Å². The molecule has 0 saturated carbocycles. The summed E-state index contributed by atoms with van der Waals surface area (Å²) in [7, 11) is 0. The third-order valence-corrected chi connectivity index (χ3v) is 3.12. The van der Waals surface area contributed by atoms with Crippen LogP contribution in [0.5, 0.6) is 0 Å². The third-order valence-electron chi connectivity index (χ3n) is 2.07. The monoisotopic (exact) mass is 270 g/mol. The van der Waals surface area contributed by atoms with Gasteiger partial charge in [0.05, 0.1) is 0 Å². The molecule has 102 valence electrons. The molecule has 18 heavy (non-hydrogen) atoms. The molecule has 0 bridgehead atoms. The number of unbranched alkanes of at least 4 members (excludes halogenated alkanes) is 2. The zero-order chi connectivity index (χ0) is 13.8. The molecule has 0 amide bonds. The van der Waals surface area contributed by atoms with Crippen molar-refractivity contribution in [3.05, 3.63) is 30.3 Å². The van der Waals surface area contributed by atoms with E-state index >= 15 is 0 Å². The second kappa shape index (κ2) is 11.1. The van der Waals surface area contributed by atoms with E-state index in [4.69, 9.17) is 9.90 Å². The highest BCUT2D eigenvalue weighted by Gasteiger charge is 2.04. The molecule has 0 aromatic heterocycles. The predicted molar refractivity (Wildman–Crippen MR) is 75.8 cm³/mol. The number of benzene rings is 1. The lowest BCUT2D eigenvalue weighted by molar-refractivity contribution is -0.134. The lowest BCUT2D eigenvalue weighted by atomic mass is 10.2. The Hall–Kier alpha value is -1.00. The van der Waals surface area contributed by atoms with Gasteiger partial charge in [-0.3, -0.25) is 4.79 Å². The molecule has 4 heteroatoms.